The molecule has 0 bridgehead atoms. The molecule has 0 radical (unpaired) electrons. The number of halogens is 2. The van der Waals surface area contributed by atoms with Crippen molar-refractivity contribution in [1.29, 1.82) is 0 Å². The number of aryl methyl sites for hydroxylation is 1. The highest BCUT2D eigenvalue weighted by Gasteiger charge is 2.48. The van der Waals surface area contributed by atoms with E-state index < -0.39 is 34.2 Å². The summed E-state index contributed by atoms with van der Waals surface area (Å²) in [4.78, 5) is 32.3. The van der Waals surface area contributed by atoms with Gasteiger partial charge < -0.3 is 9.47 Å². The summed E-state index contributed by atoms with van der Waals surface area (Å²) < 4.78 is 40.1. The minimum Gasteiger partial charge on any atom is -0.354 e. The number of thiazole rings is 1. The Morgan fingerprint density at radius 3 is 2.44 bits per heavy atom. The molecule has 2 heterocycles. The Morgan fingerprint density at radius 2 is 1.76 bits per heavy atom. The molecule has 0 spiro atoms. The van der Waals surface area contributed by atoms with Gasteiger partial charge in [0.2, 0.25) is 15.9 Å². The van der Waals surface area contributed by atoms with Gasteiger partial charge in [-0.25, -0.2) is 18.3 Å². The topological polar surface area (TPSA) is 106 Å². The normalized spacial score (nSPS) is 16.1. The van der Waals surface area contributed by atoms with E-state index in [1.165, 1.54) is 32.4 Å². The molecule has 13 heteroatoms. The highest BCUT2D eigenvalue weighted by molar-refractivity contribution is 7.89. The fourth-order valence-electron chi connectivity index (χ4n) is 4.61. The number of hydrogen-bond acceptors (Lipinski definition) is 8. The predicted octanol–water partition coefficient (Wildman–Crippen LogP) is 5.52. The van der Waals surface area contributed by atoms with Gasteiger partial charge in [0, 0.05) is 24.8 Å². The molecule has 2 amide bonds. The Balaban J connectivity index is 1.47. The third-order valence-electron chi connectivity index (χ3n) is 6.72. The van der Waals surface area contributed by atoms with E-state index in [2.05, 4.69) is 11.1 Å². The zero-order chi connectivity index (χ0) is 29.5. The van der Waals surface area contributed by atoms with Crippen LogP contribution in [0.4, 0.5) is 5.69 Å². The van der Waals surface area contributed by atoms with Crippen LogP contribution in [-0.2, 0) is 29.1 Å². The summed E-state index contributed by atoms with van der Waals surface area (Å²) >= 11 is 13.8. The molecule has 3 aromatic carbocycles. The Morgan fingerprint density at radius 1 is 1.05 bits per heavy atom. The van der Waals surface area contributed by atoms with E-state index in [1.54, 1.807) is 35.6 Å². The van der Waals surface area contributed by atoms with Crippen molar-refractivity contribution in [2.45, 2.75) is 30.6 Å². The van der Waals surface area contributed by atoms with Crippen LogP contribution in [0.5, 0.6) is 0 Å². The van der Waals surface area contributed by atoms with E-state index in [9.17, 15) is 18.0 Å². The molecule has 1 atom stereocenters. The highest BCUT2D eigenvalue weighted by Crippen LogP contribution is 2.35. The second-order valence-corrected chi connectivity index (χ2v) is 13.1. The van der Waals surface area contributed by atoms with Gasteiger partial charge in [0.05, 0.1) is 33.9 Å². The van der Waals surface area contributed by atoms with Gasteiger partial charge in [0.25, 0.3) is 5.91 Å². The number of carbonyl (C=O) groups excluding carboxylic acids is 2. The summed E-state index contributed by atoms with van der Waals surface area (Å²) in [7, 11) is -1.74. The number of aromatic nitrogens is 1. The first-order chi connectivity index (χ1) is 19.5. The van der Waals surface area contributed by atoms with Crippen LogP contribution in [0.1, 0.15) is 12.0 Å². The van der Waals surface area contributed by atoms with Crippen LogP contribution in [0.15, 0.2) is 65.6 Å². The van der Waals surface area contributed by atoms with E-state index in [0.717, 1.165) is 35.6 Å². The van der Waals surface area contributed by atoms with E-state index in [4.69, 9.17) is 32.7 Å². The van der Waals surface area contributed by atoms with Gasteiger partial charge in [0.15, 0.2) is 6.29 Å². The maximum absolute atomic E-state index is 13.8. The van der Waals surface area contributed by atoms with Crippen LogP contribution in [0.2, 0.25) is 10.0 Å². The zero-order valence-electron chi connectivity index (χ0n) is 22.2. The molecule has 1 fully saturated rings. The molecule has 1 saturated heterocycles. The molecule has 0 saturated carbocycles. The van der Waals surface area contributed by atoms with E-state index >= 15 is 0 Å². The fraction of sp³-hybridized carbons (Fsp3) is 0.250. The summed E-state index contributed by atoms with van der Waals surface area (Å²) in [5.41, 5.74) is 3.17. The molecule has 214 valence electrons. The summed E-state index contributed by atoms with van der Waals surface area (Å²) in [6, 6.07) is 15.5. The number of carbonyl (C=O) groups is 2. The SMILES string of the molecule is COC(CN(C1CC(=O)N(c2ccc(-c3nc4ccc(C)cc4s3)cc2)C1=O)S(=O)(=O)c1cc(Cl)ccc1Cl)OC. The molecule has 1 aromatic heterocycles. The van der Waals surface area contributed by atoms with Gasteiger partial charge in [-0.1, -0.05) is 29.3 Å². The number of fused-ring (bicyclic) bond motifs is 1. The van der Waals surface area contributed by atoms with Crippen LogP contribution in [0.3, 0.4) is 0 Å². The Kier molecular flexibility index (Phi) is 8.49. The minimum absolute atomic E-state index is 0.0833. The van der Waals surface area contributed by atoms with Gasteiger partial charge in [-0.15, -0.1) is 11.3 Å². The second kappa shape index (κ2) is 11.8. The van der Waals surface area contributed by atoms with Crippen LogP contribution >= 0.6 is 34.5 Å². The van der Waals surface area contributed by atoms with Gasteiger partial charge in [-0.2, -0.15) is 4.31 Å². The fourth-order valence-corrected chi connectivity index (χ4v) is 7.98. The summed E-state index contributed by atoms with van der Waals surface area (Å²) in [5, 5.41) is 0.858. The first-order valence-electron chi connectivity index (χ1n) is 12.4. The molecule has 0 N–H and O–H groups in total. The Bertz CT molecular complexity index is 1740. The Labute approximate surface area is 251 Å². The molecule has 1 aliphatic rings. The number of anilines is 1. The maximum atomic E-state index is 13.8. The van der Waals surface area contributed by atoms with Crippen molar-refractivity contribution in [2.24, 2.45) is 0 Å². The minimum atomic E-state index is -4.42. The van der Waals surface area contributed by atoms with Crippen molar-refractivity contribution in [3.8, 4) is 10.6 Å². The van der Waals surface area contributed by atoms with E-state index in [0.29, 0.717) is 5.69 Å². The van der Waals surface area contributed by atoms with E-state index in [1.807, 2.05) is 19.1 Å². The summed E-state index contributed by atoms with van der Waals surface area (Å²) in [6.07, 6.45) is -1.40. The molecule has 4 aromatic rings. The number of sulfonamides is 1. The number of nitrogens with zero attached hydrogens (tertiary/aromatic N) is 3. The zero-order valence-corrected chi connectivity index (χ0v) is 25.4. The third-order valence-corrected chi connectivity index (χ3v) is 10.4. The smallest absolute Gasteiger partial charge is 0.252 e. The predicted molar refractivity (Wildman–Crippen MR) is 159 cm³/mol. The molecule has 41 heavy (non-hydrogen) atoms. The first kappa shape index (κ1) is 29.6. The number of rotatable bonds is 9. The highest BCUT2D eigenvalue weighted by atomic mass is 35.5. The Hall–Kier alpha value is -2.90. The number of benzene rings is 3. The van der Waals surface area contributed by atoms with Crippen LogP contribution in [-0.4, -0.2) is 62.6 Å². The molecule has 5 rings (SSSR count). The first-order valence-corrected chi connectivity index (χ1v) is 15.4. The second-order valence-electron chi connectivity index (χ2n) is 9.37. The molecular formula is C28H25Cl2N3O6S2. The number of hydrogen-bond donors (Lipinski definition) is 0. The van der Waals surface area contributed by atoms with Crippen molar-refractivity contribution < 1.29 is 27.5 Å². The van der Waals surface area contributed by atoms with Crippen molar-refractivity contribution in [1.82, 2.24) is 9.29 Å². The molecule has 1 unspecified atom stereocenters. The molecule has 9 nitrogen and oxygen atoms in total. The monoisotopic (exact) mass is 633 g/mol. The average Bonchev–Trinajstić information content (AvgIpc) is 3.50. The van der Waals surface area contributed by atoms with Gasteiger partial charge >= 0.3 is 0 Å². The largest absolute Gasteiger partial charge is 0.354 e. The lowest BCUT2D eigenvalue weighted by atomic mass is 10.2. The van der Waals surface area contributed by atoms with Crippen molar-refractivity contribution in [3.05, 3.63) is 76.3 Å². The van der Waals surface area contributed by atoms with E-state index in [-0.39, 0.29) is 27.9 Å². The third kappa shape index (κ3) is 5.76. The average molecular weight is 635 g/mol. The van der Waals surface area contributed by atoms with Crippen LogP contribution in [0, 0.1) is 6.92 Å². The summed E-state index contributed by atoms with van der Waals surface area (Å²) in [6.45, 7) is 1.65. The standard InChI is InChI=1S/C28H25Cl2N3O6S2/c1-16-4-11-21-23(12-16)40-27(31-21)17-5-8-19(9-6-17)33-25(34)14-22(28(33)35)32(15-26(38-2)39-3)41(36,37)24-13-18(29)7-10-20(24)30/h4-13,22,26H,14-15H2,1-3H3. The van der Waals surface area contributed by atoms with Gasteiger partial charge in [-0.3, -0.25) is 9.59 Å². The lowest BCUT2D eigenvalue weighted by Gasteiger charge is -2.29. The lowest BCUT2D eigenvalue weighted by molar-refractivity contribution is -0.125. The molecular weight excluding hydrogens is 609 g/mol. The quantitative estimate of drug-likeness (QED) is 0.176. The molecule has 1 aliphatic heterocycles. The number of methoxy groups -OCH3 is 2. The summed E-state index contributed by atoms with van der Waals surface area (Å²) in [5.74, 6) is -1.25. The number of imide groups is 1. The van der Waals surface area contributed by atoms with Crippen molar-refractivity contribution >= 4 is 72.3 Å². The van der Waals surface area contributed by atoms with Gasteiger partial charge in [-0.05, 0) is 67.1 Å². The molecule has 0 aliphatic carbocycles. The van der Waals surface area contributed by atoms with Crippen molar-refractivity contribution in [3.63, 3.8) is 0 Å². The number of amides is 2. The van der Waals surface area contributed by atoms with Crippen molar-refractivity contribution in [2.75, 3.05) is 25.7 Å². The maximum Gasteiger partial charge on any atom is 0.252 e. The number of ether oxygens (including phenoxy) is 2. The van der Waals surface area contributed by atoms with Crippen LogP contribution in [0.25, 0.3) is 20.8 Å². The van der Waals surface area contributed by atoms with Crippen LogP contribution < -0.4 is 4.90 Å². The van der Waals surface area contributed by atoms with Gasteiger partial charge in [0.1, 0.15) is 15.9 Å². The lowest BCUT2D eigenvalue weighted by Crippen LogP contribution is -2.49.